The number of aromatic nitrogens is 3. The van der Waals surface area contributed by atoms with Gasteiger partial charge in [-0.05, 0) is 100 Å². The molecule has 4 aromatic rings. The van der Waals surface area contributed by atoms with Crippen LogP contribution >= 0.6 is 11.6 Å². The zero-order valence-electron chi connectivity index (χ0n) is 25.2. The fourth-order valence-electron chi connectivity index (χ4n) is 5.26. The molecule has 0 saturated heterocycles. The minimum Gasteiger partial charge on any atom is -0.396 e. The van der Waals surface area contributed by atoms with Gasteiger partial charge < -0.3 is 32.6 Å². The molecule has 2 aromatic carbocycles. The van der Waals surface area contributed by atoms with Crippen molar-refractivity contribution in [1.82, 2.24) is 19.9 Å². The van der Waals surface area contributed by atoms with Crippen molar-refractivity contribution in [3.8, 4) is 16.9 Å². The van der Waals surface area contributed by atoms with Crippen LogP contribution in [0.1, 0.15) is 63.1 Å². The fourth-order valence-corrected chi connectivity index (χ4v) is 5.50. The Morgan fingerprint density at radius 2 is 1.89 bits per heavy atom. The number of aromatic amines is 1. The molecule has 0 aliphatic carbocycles. The van der Waals surface area contributed by atoms with E-state index in [0.29, 0.717) is 47.4 Å². The lowest BCUT2D eigenvalue weighted by atomic mass is 10.0. The van der Waals surface area contributed by atoms with Crippen LogP contribution in [0.3, 0.4) is 0 Å². The molecule has 0 spiro atoms. The number of H-pyrrole nitrogens is 1. The van der Waals surface area contributed by atoms with Gasteiger partial charge in [-0.2, -0.15) is 4.98 Å². The number of benzene rings is 2. The Bertz CT molecular complexity index is 1630. The van der Waals surface area contributed by atoms with E-state index in [1.165, 1.54) is 4.57 Å². The van der Waals surface area contributed by atoms with Crippen LogP contribution in [0, 0.1) is 5.82 Å². The smallest absolute Gasteiger partial charge is 0.354 e. The van der Waals surface area contributed by atoms with Crippen LogP contribution in [0.4, 0.5) is 4.39 Å². The summed E-state index contributed by atoms with van der Waals surface area (Å²) in [4.78, 5) is 24.5. The molecular weight excluding hydrogens is 583 g/mol. The second-order valence-electron chi connectivity index (χ2n) is 11.3. The van der Waals surface area contributed by atoms with E-state index in [1.807, 2.05) is 31.2 Å². The molecule has 236 valence electrons. The van der Waals surface area contributed by atoms with Crippen molar-refractivity contribution in [2.24, 2.45) is 22.2 Å². The van der Waals surface area contributed by atoms with Gasteiger partial charge in [-0.15, -0.1) is 0 Å². The first kappa shape index (κ1) is 33.1. The topological polar surface area (TPSA) is 173 Å². The van der Waals surface area contributed by atoms with Crippen LogP contribution < -0.4 is 28.2 Å². The molecule has 0 fully saturated rings. The highest BCUT2D eigenvalue weighted by Crippen LogP contribution is 2.31. The number of nitrogens with one attached hydrogen (secondary N) is 2. The number of nitrogens with two attached hydrogens (primary N) is 3. The van der Waals surface area contributed by atoms with E-state index in [4.69, 9.17) is 33.9 Å². The van der Waals surface area contributed by atoms with Gasteiger partial charge in [-0.3, -0.25) is 9.56 Å². The Labute approximate surface area is 261 Å². The summed E-state index contributed by atoms with van der Waals surface area (Å²) in [5.74, 6) is -0.482. The van der Waals surface area contributed by atoms with Gasteiger partial charge in [0.25, 0.3) is 0 Å². The quantitative estimate of drug-likeness (QED) is 0.0844. The summed E-state index contributed by atoms with van der Waals surface area (Å²) in [7, 11) is 0. The van der Waals surface area contributed by atoms with E-state index in [2.05, 4.69) is 27.2 Å². The van der Waals surface area contributed by atoms with E-state index >= 15 is 4.39 Å². The predicted octanol–water partition coefficient (Wildman–Crippen LogP) is 4.30. The fraction of sp³-hybridized carbons (Fsp3) is 0.406. The highest BCUT2D eigenvalue weighted by atomic mass is 35.5. The van der Waals surface area contributed by atoms with E-state index in [0.717, 1.165) is 36.8 Å². The first-order chi connectivity index (χ1) is 21.0. The average molecular weight is 625 g/mol. The van der Waals surface area contributed by atoms with Crippen LogP contribution in [-0.2, 0) is 6.42 Å². The van der Waals surface area contributed by atoms with E-state index in [9.17, 15) is 4.79 Å². The number of guanidine groups is 1. The Morgan fingerprint density at radius 1 is 1.14 bits per heavy atom. The minimum absolute atomic E-state index is 0.0440. The van der Waals surface area contributed by atoms with E-state index < -0.39 is 11.5 Å². The average Bonchev–Trinajstić information content (AvgIpc) is 3.39. The summed E-state index contributed by atoms with van der Waals surface area (Å²) in [6, 6.07) is 12.9. The van der Waals surface area contributed by atoms with Gasteiger partial charge in [0.15, 0.2) is 11.8 Å². The first-order valence-corrected chi connectivity index (χ1v) is 15.3. The minimum atomic E-state index is -0.528. The Kier molecular flexibility index (Phi) is 11.5. The number of aliphatic hydroxyl groups is 1. The number of rotatable bonds is 15. The van der Waals surface area contributed by atoms with Crippen LogP contribution in [0.15, 0.2) is 58.4 Å². The number of fused-ring (bicyclic) bond motifs is 1. The molecule has 2 heterocycles. The van der Waals surface area contributed by atoms with Crippen molar-refractivity contribution < 1.29 is 9.50 Å². The molecule has 44 heavy (non-hydrogen) atoms. The Morgan fingerprint density at radius 3 is 2.57 bits per heavy atom. The lowest BCUT2D eigenvalue weighted by Crippen LogP contribution is -2.28. The van der Waals surface area contributed by atoms with E-state index in [-0.39, 0.29) is 35.7 Å². The SMILES string of the molecule is C[C@H](N)CCCc1cc(Cl)c(F)c(-c2cc3cn(-c4ccc([C@H](C)NCC[C@@H](CCCO)N=C(N)N)cc4)c(=O)nc3[nH]2)c1. The van der Waals surface area contributed by atoms with Crippen LogP contribution in [-0.4, -0.2) is 50.8 Å². The third kappa shape index (κ3) is 8.66. The standard InChI is InChI=1S/C32H42ClFN8O2/c1-19(35)5-3-6-21-15-26(29(34)27(33)16-21)28-17-23-18-42(32(44)41-30(23)40-28)25-10-8-22(9-11-25)20(2)38-13-12-24(7-4-14-43)39-31(36)37/h8-11,15-20,24,38,43H,3-7,12-14,35H2,1-2H3,(H4,36,37,39)(H,40,41,44)/t19-,20-,24+/m0/s1. The number of halogens is 2. The molecule has 12 heteroatoms. The van der Waals surface area contributed by atoms with E-state index in [1.54, 1.807) is 24.4 Å². The van der Waals surface area contributed by atoms with Crippen molar-refractivity contribution in [3.05, 3.63) is 81.1 Å². The van der Waals surface area contributed by atoms with Crippen molar-refractivity contribution in [2.45, 2.75) is 70.5 Å². The zero-order valence-corrected chi connectivity index (χ0v) is 25.9. The molecule has 0 amide bonds. The summed E-state index contributed by atoms with van der Waals surface area (Å²) < 4.78 is 16.6. The van der Waals surface area contributed by atoms with Crippen molar-refractivity contribution in [2.75, 3.05) is 13.2 Å². The lowest BCUT2D eigenvalue weighted by molar-refractivity contribution is 0.278. The third-order valence-corrected chi connectivity index (χ3v) is 7.91. The molecule has 0 unspecified atom stereocenters. The number of hydrogen-bond acceptors (Lipinski definition) is 6. The maximum atomic E-state index is 15.1. The van der Waals surface area contributed by atoms with Gasteiger partial charge in [-0.25, -0.2) is 9.18 Å². The monoisotopic (exact) mass is 624 g/mol. The normalized spacial score (nSPS) is 13.6. The van der Waals surface area contributed by atoms with Crippen molar-refractivity contribution in [1.29, 1.82) is 0 Å². The highest BCUT2D eigenvalue weighted by molar-refractivity contribution is 6.31. The van der Waals surface area contributed by atoms with Crippen LogP contribution in [0.2, 0.25) is 5.02 Å². The molecule has 9 N–H and O–H groups in total. The van der Waals surface area contributed by atoms with Gasteiger partial charge >= 0.3 is 5.69 Å². The number of nitrogens with zero attached hydrogens (tertiary/aromatic N) is 3. The van der Waals surface area contributed by atoms with Crippen LogP contribution in [0.25, 0.3) is 28.0 Å². The second-order valence-corrected chi connectivity index (χ2v) is 11.7. The zero-order chi connectivity index (χ0) is 31.8. The van der Waals surface area contributed by atoms with Gasteiger partial charge in [0, 0.05) is 35.8 Å². The Balaban J connectivity index is 1.49. The van der Waals surface area contributed by atoms with Crippen molar-refractivity contribution >= 4 is 28.6 Å². The highest BCUT2D eigenvalue weighted by Gasteiger charge is 2.16. The Hall–Kier alpha value is -3.77. The molecule has 0 aliphatic heterocycles. The largest absolute Gasteiger partial charge is 0.396 e. The van der Waals surface area contributed by atoms with Gasteiger partial charge in [0.1, 0.15) is 5.65 Å². The molecule has 4 rings (SSSR count). The lowest BCUT2D eigenvalue weighted by Gasteiger charge is -2.17. The molecule has 0 bridgehead atoms. The van der Waals surface area contributed by atoms with Gasteiger partial charge in [0.05, 0.1) is 22.4 Å². The molecular formula is C32H42ClFN8O2. The number of hydrogen-bond donors (Lipinski definition) is 6. The maximum absolute atomic E-state index is 15.1. The predicted molar refractivity (Wildman–Crippen MR) is 176 cm³/mol. The molecule has 0 aliphatic rings. The summed E-state index contributed by atoms with van der Waals surface area (Å²) in [5, 5.41) is 13.3. The van der Waals surface area contributed by atoms with Crippen molar-refractivity contribution in [3.63, 3.8) is 0 Å². The maximum Gasteiger partial charge on any atom is 0.354 e. The second kappa shape index (κ2) is 15.3. The number of aliphatic imine (C=N–C) groups is 1. The number of aryl methyl sites for hydroxylation is 1. The summed E-state index contributed by atoms with van der Waals surface area (Å²) >= 11 is 6.24. The molecule has 0 radical (unpaired) electrons. The molecule has 10 nitrogen and oxygen atoms in total. The third-order valence-electron chi connectivity index (χ3n) is 7.64. The van der Waals surface area contributed by atoms with Crippen LogP contribution in [0.5, 0.6) is 0 Å². The van der Waals surface area contributed by atoms with Gasteiger partial charge in [0.2, 0.25) is 0 Å². The molecule has 2 aromatic heterocycles. The van der Waals surface area contributed by atoms with Gasteiger partial charge in [-0.1, -0.05) is 23.7 Å². The summed E-state index contributed by atoms with van der Waals surface area (Å²) in [6.07, 6.45) is 6.22. The molecule has 0 saturated carbocycles. The molecule has 3 atom stereocenters. The first-order valence-electron chi connectivity index (χ1n) is 14.9. The number of aliphatic hydroxyl groups excluding tert-OH is 1. The summed E-state index contributed by atoms with van der Waals surface area (Å²) in [6.45, 7) is 4.80. The summed E-state index contributed by atoms with van der Waals surface area (Å²) in [5.41, 5.74) is 20.3.